The Balaban J connectivity index is 2.49. The van der Waals surface area contributed by atoms with E-state index >= 15 is 0 Å². The van der Waals surface area contributed by atoms with Gasteiger partial charge in [0.25, 0.3) is 0 Å². The van der Waals surface area contributed by atoms with Crippen molar-refractivity contribution in [2.45, 2.75) is 58.0 Å². The van der Waals surface area contributed by atoms with Gasteiger partial charge in [-0.2, -0.15) is 13.2 Å². The van der Waals surface area contributed by atoms with Crippen LogP contribution in [0.5, 0.6) is 0 Å². The second-order valence-electron chi connectivity index (χ2n) is 5.92. The maximum Gasteiger partial charge on any atom is 0.406 e. The van der Waals surface area contributed by atoms with E-state index in [0.717, 1.165) is 30.6 Å². The van der Waals surface area contributed by atoms with Gasteiger partial charge >= 0.3 is 6.18 Å². The Kier molecular flexibility index (Phi) is 8.06. The molecule has 0 bridgehead atoms. The number of rotatable bonds is 7. The summed E-state index contributed by atoms with van der Waals surface area (Å²) in [7, 11) is 0. The highest BCUT2D eigenvalue weighted by atomic mass is 79.9. The molecule has 1 rings (SSSR count). The number of halogens is 4. The van der Waals surface area contributed by atoms with Crippen molar-refractivity contribution in [1.82, 2.24) is 4.90 Å². The van der Waals surface area contributed by atoms with Gasteiger partial charge in [-0.3, -0.25) is 4.79 Å². The third kappa shape index (κ3) is 7.02. The molecular weight excluding hydrogens is 347 g/mol. The average molecular weight is 372 g/mol. The lowest BCUT2D eigenvalue weighted by Crippen LogP contribution is -2.44. The molecule has 124 valence electrons. The predicted molar refractivity (Wildman–Crippen MR) is 81.4 cm³/mol. The number of amides is 1. The number of carbonyl (C=O) groups excluding carboxylic acids is 1. The van der Waals surface area contributed by atoms with E-state index in [1.807, 2.05) is 0 Å². The smallest absolute Gasteiger partial charge is 0.333 e. The minimum Gasteiger partial charge on any atom is -0.333 e. The number of nitrogens with zero attached hydrogens (tertiary/aromatic N) is 1. The molecule has 0 aromatic carbocycles. The Labute approximate surface area is 133 Å². The fourth-order valence-corrected chi connectivity index (χ4v) is 3.46. The molecule has 1 amide bonds. The molecule has 0 atom stereocenters. The summed E-state index contributed by atoms with van der Waals surface area (Å²) in [5, 5.41) is 0.376. The normalized spacial score (nSPS) is 23.1. The highest BCUT2D eigenvalue weighted by Crippen LogP contribution is 2.33. The van der Waals surface area contributed by atoms with Gasteiger partial charge in [0.2, 0.25) is 5.91 Å². The molecule has 0 aromatic rings. The van der Waals surface area contributed by atoms with Crippen LogP contribution in [0, 0.1) is 11.8 Å². The van der Waals surface area contributed by atoms with Gasteiger partial charge in [0.1, 0.15) is 6.54 Å². The largest absolute Gasteiger partial charge is 0.406 e. The quantitative estimate of drug-likeness (QED) is 0.590. The standard InChI is InChI=1S/C15H25BrF3NO/c1-2-3-4-12-5-7-13(8-6-12)14(21)20(10-9-16)11-15(17,18)19/h12-13H,2-11H2,1H3. The van der Waals surface area contributed by atoms with Gasteiger partial charge in [-0.1, -0.05) is 42.1 Å². The van der Waals surface area contributed by atoms with Crippen molar-refractivity contribution < 1.29 is 18.0 Å². The van der Waals surface area contributed by atoms with Crippen LogP contribution in [0.2, 0.25) is 0 Å². The lowest BCUT2D eigenvalue weighted by Gasteiger charge is -2.32. The fraction of sp³-hybridized carbons (Fsp3) is 0.933. The number of unbranched alkanes of at least 4 members (excludes halogenated alkanes) is 1. The summed E-state index contributed by atoms with van der Waals surface area (Å²) in [5.41, 5.74) is 0. The molecule has 0 heterocycles. The van der Waals surface area contributed by atoms with Crippen LogP contribution >= 0.6 is 15.9 Å². The fourth-order valence-electron chi connectivity index (χ4n) is 3.03. The summed E-state index contributed by atoms with van der Waals surface area (Å²) >= 11 is 3.13. The number of hydrogen-bond acceptors (Lipinski definition) is 1. The van der Waals surface area contributed by atoms with E-state index < -0.39 is 12.7 Å². The van der Waals surface area contributed by atoms with E-state index in [-0.39, 0.29) is 18.4 Å². The first-order valence-corrected chi connectivity index (χ1v) is 8.91. The summed E-state index contributed by atoms with van der Waals surface area (Å²) in [6.07, 6.45) is 2.67. The zero-order valence-electron chi connectivity index (χ0n) is 12.6. The molecule has 0 unspecified atom stereocenters. The SMILES string of the molecule is CCCCC1CCC(C(=O)N(CCBr)CC(F)(F)F)CC1. The van der Waals surface area contributed by atoms with Crippen LogP contribution in [0.25, 0.3) is 0 Å². The van der Waals surface area contributed by atoms with Gasteiger partial charge in [0.15, 0.2) is 0 Å². The third-order valence-electron chi connectivity index (χ3n) is 4.20. The topological polar surface area (TPSA) is 20.3 Å². The van der Waals surface area contributed by atoms with Crippen molar-refractivity contribution in [1.29, 1.82) is 0 Å². The molecule has 0 aromatic heterocycles. The highest BCUT2D eigenvalue weighted by Gasteiger charge is 2.36. The highest BCUT2D eigenvalue weighted by molar-refractivity contribution is 9.09. The summed E-state index contributed by atoms with van der Waals surface area (Å²) < 4.78 is 37.6. The van der Waals surface area contributed by atoms with Gasteiger partial charge in [0.05, 0.1) is 0 Å². The van der Waals surface area contributed by atoms with Crippen molar-refractivity contribution in [2.24, 2.45) is 11.8 Å². The first-order chi connectivity index (χ1) is 9.87. The van der Waals surface area contributed by atoms with Crippen molar-refractivity contribution in [3.8, 4) is 0 Å². The van der Waals surface area contributed by atoms with Crippen LogP contribution in [0.15, 0.2) is 0 Å². The Morgan fingerprint density at radius 2 is 1.86 bits per heavy atom. The Hall–Kier alpha value is -0.260. The lowest BCUT2D eigenvalue weighted by atomic mass is 9.79. The van der Waals surface area contributed by atoms with Crippen LogP contribution in [-0.2, 0) is 4.79 Å². The van der Waals surface area contributed by atoms with E-state index in [9.17, 15) is 18.0 Å². The molecule has 1 aliphatic rings. The van der Waals surface area contributed by atoms with E-state index in [1.54, 1.807) is 0 Å². The monoisotopic (exact) mass is 371 g/mol. The van der Waals surface area contributed by atoms with Gasteiger partial charge < -0.3 is 4.90 Å². The van der Waals surface area contributed by atoms with Crippen LogP contribution < -0.4 is 0 Å². The number of hydrogen-bond donors (Lipinski definition) is 0. The van der Waals surface area contributed by atoms with E-state index in [0.29, 0.717) is 11.2 Å². The van der Waals surface area contributed by atoms with E-state index in [2.05, 4.69) is 22.9 Å². The molecule has 0 spiro atoms. The molecule has 0 saturated heterocycles. The molecule has 0 N–H and O–H groups in total. The lowest BCUT2D eigenvalue weighted by molar-refractivity contribution is -0.164. The van der Waals surface area contributed by atoms with Gasteiger partial charge in [0, 0.05) is 17.8 Å². The second kappa shape index (κ2) is 9.01. The summed E-state index contributed by atoms with van der Waals surface area (Å²) in [4.78, 5) is 13.3. The zero-order chi connectivity index (χ0) is 15.9. The Bertz CT molecular complexity index is 315. The number of alkyl halides is 4. The van der Waals surface area contributed by atoms with Crippen LogP contribution in [0.1, 0.15) is 51.9 Å². The average Bonchev–Trinajstić information content (AvgIpc) is 2.43. The first kappa shape index (κ1) is 18.8. The maximum atomic E-state index is 12.5. The van der Waals surface area contributed by atoms with Crippen LogP contribution in [0.3, 0.4) is 0 Å². The Morgan fingerprint density at radius 1 is 1.24 bits per heavy atom. The van der Waals surface area contributed by atoms with Gasteiger partial charge in [-0.05, 0) is 31.6 Å². The van der Waals surface area contributed by atoms with Gasteiger partial charge in [-0.25, -0.2) is 0 Å². The maximum absolute atomic E-state index is 12.5. The molecule has 6 heteroatoms. The number of carbonyl (C=O) groups is 1. The molecule has 0 aliphatic heterocycles. The van der Waals surface area contributed by atoms with E-state index in [4.69, 9.17) is 0 Å². The molecule has 2 nitrogen and oxygen atoms in total. The molecule has 1 aliphatic carbocycles. The molecule has 1 fully saturated rings. The minimum absolute atomic E-state index is 0.119. The van der Waals surface area contributed by atoms with E-state index in [1.165, 1.54) is 19.3 Å². The minimum atomic E-state index is -4.32. The summed E-state index contributed by atoms with van der Waals surface area (Å²) in [6, 6.07) is 0. The molecule has 0 radical (unpaired) electrons. The first-order valence-electron chi connectivity index (χ1n) is 7.78. The Morgan fingerprint density at radius 3 is 2.33 bits per heavy atom. The van der Waals surface area contributed by atoms with Crippen molar-refractivity contribution >= 4 is 21.8 Å². The molecular formula is C15H25BrF3NO. The molecule has 1 saturated carbocycles. The van der Waals surface area contributed by atoms with Gasteiger partial charge in [-0.15, -0.1) is 0 Å². The van der Waals surface area contributed by atoms with Crippen LogP contribution in [0.4, 0.5) is 13.2 Å². The van der Waals surface area contributed by atoms with Crippen LogP contribution in [-0.4, -0.2) is 35.4 Å². The predicted octanol–water partition coefficient (Wildman–Crippen LogP) is 4.77. The van der Waals surface area contributed by atoms with Crippen molar-refractivity contribution in [2.75, 3.05) is 18.4 Å². The third-order valence-corrected chi connectivity index (χ3v) is 4.55. The van der Waals surface area contributed by atoms with Crippen molar-refractivity contribution in [3.05, 3.63) is 0 Å². The summed E-state index contributed by atoms with van der Waals surface area (Å²) in [5.74, 6) is 0.117. The van der Waals surface area contributed by atoms with Crippen molar-refractivity contribution in [3.63, 3.8) is 0 Å². The zero-order valence-corrected chi connectivity index (χ0v) is 14.2. The summed E-state index contributed by atoms with van der Waals surface area (Å²) in [6.45, 7) is 1.14. The second-order valence-corrected chi connectivity index (χ2v) is 6.72. The molecule has 21 heavy (non-hydrogen) atoms.